The number of hydrogen-bond acceptors (Lipinski definition) is 7. The Kier molecular flexibility index (Phi) is 15.6. The van der Waals surface area contributed by atoms with E-state index in [0.717, 1.165) is 24.9 Å². The van der Waals surface area contributed by atoms with Crippen molar-refractivity contribution in [2.24, 2.45) is 0 Å². The molecule has 0 spiro atoms. The van der Waals surface area contributed by atoms with Crippen molar-refractivity contribution in [3.8, 4) is 0 Å². The quantitative estimate of drug-likeness (QED) is 0.139. The maximum atomic E-state index is 9.51. The van der Waals surface area contributed by atoms with Crippen LogP contribution in [0.25, 0.3) is 0 Å². The van der Waals surface area contributed by atoms with Gasteiger partial charge in [0.25, 0.3) is 0 Å². The summed E-state index contributed by atoms with van der Waals surface area (Å²) in [5.41, 5.74) is 0. The highest BCUT2D eigenvalue weighted by Gasteiger charge is 2.48. The molecule has 0 bridgehead atoms. The van der Waals surface area contributed by atoms with E-state index in [2.05, 4.69) is 72.4 Å². The molecule has 0 amide bonds. The van der Waals surface area contributed by atoms with E-state index in [-0.39, 0.29) is 13.2 Å². The summed E-state index contributed by atoms with van der Waals surface area (Å²) in [6, 6.07) is 1.76. The standard InChI is InChI=1S/C22H56O7Si5/c1-12-13-14-15-18-34(11,28-32(8,9)26-30(2,3)4)29-33(10,27-31(5,6)7)19-16-17-25-21-22(24)20-23/h22-24H,12-21H2,1-11H3. The Labute approximate surface area is 215 Å². The number of aliphatic hydroxyl groups is 2. The lowest BCUT2D eigenvalue weighted by Gasteiger charge is -2.44. The lowest BCUT2D eigenvalue weighted by Crippen LogP contribution is -2.60. The fraction of sp³-hybridized carbons (Fsp3) is 1.00. The average molecular weight is 573 g/mol. The van der Waals surface area contributed by atoms with E-state index >= 15 is 0 Å². The number of rotatable bonds is 20. The Bertz CT molecular complexity index is 557. The maximum Gasteiger partial charge on any atom is 0.317 e. The van der Waals surface area contributed by atoms with Gasteiger partial charge >= 0.3 is 25.7 Å². The Morgan fingerprint density at radius 3 is 1.68 bits per heavy atom. The second-order valence-electron chi connectivity index (χ2n) is 12.1. The molecule has 34 heavy (non-hydrogen) atoms. The van der Waals surface area contributed by atoms with E-state index in [4.69, 9.17) is 26.3 Å². The first-order valence-electron chi connectivity index (χ1n) is 13.0. The van der Waals surface area contributed by atoms with Gasteiger partial charge < -0.3 is 31.4 Å². The lowest BCUT2D eigenvalue weighted by molar-refractivity contribution is 0.00623. The SMILES string of the molecule is CCCCCC[Si](C)(O[Si](C)(C)O[Si](C)(C)C)O[Si](C)(CCCOCC(O)CO)O[Si](C)(C)C. The van der Waals surface area contributed by atoms with Gasteiger partial charge in [0.1, 0.15) is 6.10 Å². The van der Waals surface area contributed by atoms with E-state index in [1.54, 1.807) is 0 Å². The Balaban J connectivity index is 5.56. The van der Waals surface area contributed by atoms with Gasteiger partial charge in [-0.25, -0.2) is 0 Å². The second-order valence-corrected chi connectivity index (χ2v) is 32.2. The molecule has 0 aliphatic carbocycles. The number of ether oxygens (including phenoxy) is 1. The van der Waals surface area contributed by atoms with Gasteiger partial charge in [-0.2, -0.15) is 0 Å². The molecule has 0 aromatic heterocycles. The van der Waals surface area contributed by atoms with Crippen molar-refractivity contribution >= 4 is 42.3 Å². The summed E-state index contributed by atoms with van der Waals surface area (Å²) in [7, 11) is -11.1. The molecule has 0 radical (unpaired) electrons. The molecule has 0 aromatic rings. The van der Waals surface area contributed by atoms with Crippen LogP contribution >= 0.6 is 0 Å². The van der Waals surface area contributed by atoms with Crippen LogP contribution in [0.1, 0.15) is 39.0 Å². The predicted molar refractivity (Wildman–Crippen MR) is 154 cm³/mol. The van der Waals surface area contributed by atoms with Crippen molar-refractivity contribution in [3.63, 3.8) is 0 Å². The summed E-state index contributed by atoms with van der Waals surface area (Å²) in [5, 5.41) is 18.5. The molecule has 206 valence electrons. The Hall–Kier alpha value is 0.804. The van der Waals surface area contributed by atoms with Gasteiger partial charge in [0.2, 0.25) is 0 Å². The van der Waals surface area contributed by atoms with Gasteiger partial charge in [-0.3, -0.25) is 0 Å². The van der Waals surface area contributed by atoms with Crippen LogP contribution in [0.15, 0.2) is 0 Å². The van der Waals surface area contributed by atoms with Gasteiger partial charge in [0, 0.05) is 6.61 Å². The first-order chi connectivity index (χ1) is 15.3. The smallest absolute Gasteiger partial charge is 0.317 e. The summed E-state index contributed by atoms with van der Waals surface area (Å²) in [6.45, 7) is 24.6. The normalized spacial score (nSPS) is 17.9. The highest BCUT2D eigenvalue weighted by Crippen LogP contribution is 2.32. The van der Waals surface area contributed by atoms with E-state index in [1.807, 2.05) is 0 Å². The molecule has 0 aliphatic rings. The first-order valence-corrected chi connectivity index (χ1v) is 27.7. The van der Waals surface area contributed by atoms with Crippen LogP contribution in [0, 0.1) is 0 Å². The molecule has 2 N–H and O–H groups in total. The maximum absolute atomic E-state index is 9.51. The molecule has 0 rings (SSSR count). The molecule has 0 fully saturated rings. The molecular formula is C22H56O7Si5. The van der Waals surface area contributed by atoms with Crippen LogP contribution in [0.3, 0.4) is 0 Å². The zero-order chi connectivity index (χ0) is 26.7. The molecule has 3 atom stereocenters. The third-order valence-corrected chi connectivity index (χ3v) is 23.2. The van der Waals surface area contributed by atoms with Crippen molar-refractivity contribution in [2.45, 2.75) is 123 Å². The average Bonchev–Trinajstić information content (AvgIpc) is 2.60. The monoisotopic (exact) mass is 572 g/mol. The zero-order valence-electron chi connectivity index (χ0n) is 24.1. The molecule has 0 saturated carbocycles. The third kappa shape index (κ3) is 18.1. The molecule has 0 aromatic carbocycles. The van der Waals surface area contributed by atoms with E-state index in [9.17, 15) is 5.11 Å². The summed E-state index contributed by atoms with van der Waals surface area (Å²) < 4.78 is 32.8. The van der Waals surface area contributed by atoms with Crippen molar-refractivity contribution in [1.29, 1.82) is 0 Å². The third-order valence-electron chi connectivity index (χ3n) is 4.89. The van der Waals surface area contributed by atoms with Crippen LogP contribution in [-0.4, -0.2) is 78.5 Å². The molecule has 0 aliphatic heterocycles. The number of hydrogen-bond donors (Lipinski definition) is 2. The number of aliphatic hydroxyl groups excluding tert-OH is 2. The van der Waals surface area contributed by atoms with E-state index in [0.29, 0.717) is 6.61 Å². The van der Waals surface area contributed by atoms with Gasteiger partial charge in [0.15, 0.2) is 16.6 Å². The molecular weight excluding hydrogens is 517 g/mol. The summed E-state index contributed by atoms with van der Waals surface area (Å²) in [5.74, 6) is 0. The van der Waals surface area contributed by atoms with Crippen LogP contribution < -0.4 is 0 Å². The van der Waals surface area contributed by atoms with Crippen molar-refractivity contribution in [1.82, 2.24) is 0 Å². The van der Waals surface area contributed by atoms with Gasteiger partial charge in [-0.1, -0.05) is 32.6 Å². The minimum absolute atomic E-state index is 0.144. The molecule has 7 nitrogen and oxygen atoms in total. The Morgan fingerprint density at radius 2 is 1.18 bits per heavy atom. The van der Waals surface area contributed by atoms with Crippen LogP contribution in [0.2, 0.25) is 77.6 Å². The molecule has 3 unspecified atom stereocenters. The second kappa shape index (κ2) is 15.3. The minimum Gasteiger partial charge on any atom is -0.437 e. The minimum atomic E-state index is -2.56. The van der Waals surface area contributed by atoms with E-state index < -0.39 is 48.4 Å². The summed E-state index contributed by atoms with van der Waals surface area (Å²) in [4.78, 5) is 0. The fourth-order valence-corrected chi connectivity index (χ4v) is 28.1. The van der Waals surface area contributed by atoms with Gasteiger partial charge in [0.05, 0.1) is 13.2 Å². The van der Waals surface area contributed by atoms with Crippen LogP contribution in [-0.2, 0) is 21.2 Å². The van der Waals surface area contributed by atoms with Gasteiger partial charge in [-0.15, -0.1) is 0 Å². The number of unbranched alkanes of at least 4 members (excludes halogenated alkanes) is 3. The predicted octanol–water partition coefficient (Wildman–Crippen LogP) is 5.91. The summed E-state index contributed by atoms with van der Waals surface area (Å²) in [6.07, 6.45) is 4.69. The topological polar surface area (TPSA) is 86.6 Å². The first kappa shape index (κ1) is 34.8. The highest BCUT2D eigenvalue weighted by atomic mass is 28.5. The largest absolute Gasteiger partial charge is 0.437 e. The van der Waals surface area contributed by atoms with Crippen molar-refractivity contribution < 1.29 is 31.4 Å². The molecule has 0 heterocycles. The fourth-order valence-electron chi connectivity index (χ4n) is 4.27. The van der Waals surface area contributed by atoms with Crippen LogP contribution in [0.4, 0.5) is 0 Å². The highest BCUT2D eigenvalue weighted by molar-refractivity contribution is 6.90. The lowest BCUT2D eigenvalue weighted by atomic mass is 10.2. The van der Waals surface area contributed by atoms with Crippen molar-refractivity contribution in [2.75, 3.05) is 19.8 Å². The zero-order valence-corrected chi connectivity index (χ0v) is 29.1. The molecule has 0 saturated heterocycles. The van der Waals surface area contributed by atoms with Crippen molar-refractivity contribution in [3.05, 3.63) is 0 Å². The molecule has 12 heteroatoms. The Morgan fingerprint density at radius 1 is 0.647 bits per heavy atom. The van der Waals surface area contributed by atoms with E-state index in [1.165, 1.54) is 19.3 Å². The summed E-state index contributed by atoms with van der Waals surface area (Å²) >= 11 is 0. The van der Waals surface area contributed by atoms with Gasteiger partial charge in [-0.05, 0) is 84.0 Å². The van der Waals surface area contributed by atoms with Crippen LogP contribution in [0.5, 0.6) is 0 Å².